The first kappa shape index (κ1) is 18.4. The monoisotopic (exact) mass is 403 g/mol. The third-order valence-electron chi connectivity index (χ3n) is 4.17. The zero-order valence-electron chi connectivity index (χ0n) is 13.3. The van der Waals surface area contributed by atoms with E-state index in [0.29, 0.717) is 16.3 Å². The van der Waals surface area contributed by atoms with Crippen molar-refractivity contribution in [2.24, 2.45) is 0 Å². The minimum atomic E-state index is -3.60. The normalized spacial score (nSPS) is 19.3. The largest absolute Gasteiger partial charge is 0.468 e. The highest BCUT2D eigenvalue weighted by Gasteiger charge is 2.38. The summed E-state index contributed by atoms with van der Waals surface area (Å²) in [7, 11) is -7.07. The molecule has 0 N–H and O–H groups in total. The number of sulfonamides is 1. The first-order valence-electron chi connectivity index (χ1n) is 7.72. The molecule has 136 valence electrons. The number of nitrogens with zero attached hydrogens (tertiary/aromatic N) is 1. The Morgan fingerprint density at radius 2 is 1.92 bits per heavy atom. The van der Waals surface area contributed by atoms with Crippen molar-refractivity contribution in [3.8, 4) is 0 Å². The van der Waals surface area contributed by atoms with E-state index < -0.39 is 25.1 Å². The van der Waals surface area contributed by atoms with Gasteiger partial charge < -0.3 is 4.42 Å². The van der Waals surface area contributed by atoms with Crippen molar-refractivity contribution < 1.29 is 21.3 Å². The van der Waals surface area contributed by atoms with Crippen LogP contribution in [0.2, 0.25) is 5.02 Å². The van der Waals surface area contributed by atoms with Crippen molar-refractivity contribution in [1.29, 1.82) is 0 Å². The van der Waals surface area contributed by atoms with Gasteiger partial charge in [0.05, 0.1) is 17.3 Å². The third kappa shape index (κ3) is 4.44. The van der Waals surface area contributed by atoms with Crippen LogP contribution < -0.4 is 0 Å². The number of rotatable bonds is 6. The highest BCUT2D eigenvalue weighted by atomic mass is 35.5. The first-order valence-corrected chi connectivity index (χ1v) is 11.4. The lowest BCUT2D eigenvalue weighted by atomic mass is 10.2. The molecule has 6 nitrogen and oxygen atoms in total. The molecule has 1 aromatic carbocycles. The van der Waals surface area contributed by atoms with Crippen molar-refractivity contribution >= 4 is 31.5 Å². The molecule has 1 aliphatic heterocycles. The smallest absolute Gasteiger partial charge is 0.218 e. The second-order valence-electron chi connectivity index (χ2n) is 6.04. The quantitative estimate of drug-likeness (QED) is 0.739. The molecule has 0 amide bonds. The van der Waals surface area contributed by atoms with Crippen LogP contribution in [0.5, 0.6) is 0 Å². The van der Waals surface area contributed by atoms with Gasteiger partial charge in [-0.3, -0.25) is 0 Å². The summed E-state index contributed by atoms with van der Waals surface area (Å²) < 4.78 is 56.4. The lowest BCUT2D eigenvalue weighted by Gasteiger charge is -2.17. The second kappa shape index (κ2) is 7.11. The van der Waals surface area contributed by atoms with Gasteiger partial charge in [-0.2, -0.15) is 0 Å². The second-order valence-corrected chi connectivity index (χ2v) is 10.7. The van der Waals surface area contributed by atoms with Crippen molar-refractivity contribution in [2.45, 2.75) is 23.2 Å². The van der Waals surface area contributed by atoms with E-state index >= 15 is 0 Å². The topological polar surface area (TPSA) is 84.7 Å². The maximum absolute atomic E-state index is 12.6. The Balaban J connectivity index is 1.69. The van der Waals surface area contributed by atoms with Gasteiger partial charge in [-0.25, -0.2) is 21.1 Å². The zero-order chi connectivity index (χ0) is 18.1. The average Bonchev–Trinajstić information content (AvgIpc) is 3.17. The van der Waals surface area contributed by atoms with Gasteiger partial charge in [0.2, 0.25) is 10.0 Å². The van der Waals surface area contributed by atoms with Crippen molar-refractivity contribution in [1.82, 2.24) is 4.31 Å². The molecule has 3 rings (SSSR count). The van der Waals surface area contributed by atoms with E-state index in [1.807, 2.05) is 0 Å². The minimum absolute atomic E-state index is 0.0219. The molecule has 0 radical (unpaired) electrons. The molecule has 1 aromatic heterocycles. The molecular formula is C16H18ClNO5S2. The molecule has 9 heteroatoms. The highest BCUT2D eigenvalue weighted by Crippen LogP contribution is 2.25. The summed E-state index contributed by atoms with van der Waals surface area (Å²) in [6, 6.07) is 9.87. The van der Waals surface area contributed by atoms with Crippen molar-refractivity contribution in [3.05, 3.63) is 59.0 Å². The SMILES string of the molecule is O=S(=O)(Cc1ccco1)C1CCN(S(=O)(=O)Cc2cccc(Cl)c2)C1. The molecule has 25 heavy (non-hydrogen) atoms. The summed E-state index contributed by atoms with van der Waals surface area (Å²) in [6.07, 6.45) is 1.71. The molecule has 1 aliphatic rings. The van der Waals surface area contributed by atoms with E-state index in [2.05, 4.69) is 0 Å². The molecule has 1 atom stereocenters. The molecule has 0 saturated carbocycles. The maximum Gasteiger partial charge on any atom is 0.218 e. The number of benzene rings is 1. The van der Waals surface area contributed by atoms with Gasteiger partial charge in [0.15, 0.2) is 9.84 Å². The molecular weight excluding hydrogens is 386 g/mol. The van der Waals surface area contributed by atoms with E-state index in [9.17, 15) is 16.8 Å². The molecule has 0 aliphatic carbocycles. The molecule has 1 saturated heterocycles. The van der Waals surface area contributed by atoms with E-state index in [4.69, 9.17) is 16.0 Å². The predicted molar refractivity (Wildman–Crippen MR) is 95.4 cm³/mol. The Labute approximate surface area is 152 Å². The number of hydrogen-bond donors (Lipinski definition) is 0. The number of sulfone groups is 1. The van der Waals surface area contributed by atoms with E-state index in [0.717, 1.165) is 0 Å². The molecule has 2 aromatic rings. The lowest BCUT2D eigenvalue weighted by Crippen LogP contribution is -2.33. The fraction of sp³-hybridized carbons (Fsp3) is 0.375. The van der Waals surface area contributed by atoms with Crippen LogP contribution in [0.4, 0.5) is 0 Å². The summed E-state index contributed by atoms with van der Waals surface area (Å²) in [5, 5.41) is -0.250. The first-order chi connectivity index (χ1) is 11.8. The number of hydrogen-bond acceptors (Lipinski definition) is 5. The van der Waals surface area contributed by atoms with Gasteiger partial charge in [0.25, 0.3) is 0 Å². The van der Waals surface area contributed by atoms with Crippen LogP contribution in [0.1, 0.15) is 17.7 Å². The lowest BCUT2D eigenvalue weighted by molar-refractivity contribution is 0.475. The summed E-state index contributed by atoms with van der Waals surface area (Å²) in [4.78, 5) is 0. The third-order valence-corrected chi connectivity index (χ3v) is 8.31. The molecule has 2 heterocycles. The van der Waals surface area contributed by atoms with Crippen LogP contribution >= 0.6 is 11.6 Å². The Bertz CT molecular complexity index is 939. The number of halogens is 1. The van der Waals surface area contributed by atoms with E-state index in [1.165, 1.54) is 10.6 Å². The van der Waals surface area contributed by atoms with Gasteiger partial charge in [-0.05, 0) is 36.2 Å². The van der Waals surface area contributed by atoms with Crippen LogP contribution in [0.15, 0.2) is 47.1 Å². The van der Waals surface area contributed by atoms with Crippen molar-refractivity contribution in [3.63, 3.8) is 0 Å². The predicted octanol–water partition coefficient (Wildman–Crippen LogP) is 2.45. The van der Waals surface area contributed by atoms with Crippen LogP contribution in [0, 0.1) is 0 Å². The van der Waals surface area contributed by atoms with Gasteiger partial charge in [-0.15, -0.1) is 0 Å². The fourth-order valence-electron chi connectivity index (χ4n) is 2.88. The van der Waals surface area contributed by atoms with E-state index in [-0.39, 0.29) is 31.0 Å². The standard InChI is InChI=1S/C16H18ClNO5S2/c17-14-4-1-3-13(9-14)11-25(21,22)18-7-6-16(10-18)24(19,20)12-15-5-2-8-23-15/h1-5,8-9,16H,6-7,10-12H2. The van der Waals surface area contributed by atoms with Crippen LogP contribution in [-0.2, 0) is 31.4 Å². The summed E-state index contributed by atoms with van der Waals surface area (Å²) in [5.41, 5.74) is 0.578. The summed E-state index contributed by atoms with van der Waals surface area (Å²) in [5.74, 6) is -0.0500. The molecule has 0 bridgehead atoms. The fourth-order valence-corrected chi connectivity index (χ4v) is 6.43. The van der Waals surface area contributed by atoms with Gasteiger partial charge in [0, 0.05) is 18.1 Å². The Morgan fingerprint density at radius 3 is 2.60 bits per heavy atom. The van der Waals surface area contributed by atoms with Crippen LogP contribution in [0.25, 0.3) is 0 Å². The zero-order valence-corrected chi connectivity index (χ0v) is 15.7. The van der Waals surface area contributed by atoms with Gasteiger partial charge in [-0.1, -0.05) is 23.7 Å². The molecule has 0 spiro atoms. The summed E-state index contributed by atoms with van der Waals surface area (Å²) in [6.45, 7) is 0.177. The van der Waals surface area contributed by atoms with Gasteiger partial charge in [0.1, 0.15) is 11.5 Å². The Morgan fingerprint density at radius 1 is 1.12 bits per heavy atom. The van der Waals surface area contributed by atoms with Crippen molar-refractivity contribution in [2.75, 3.05) is 13.1 Å². The molecule has 1 unspecified atom stereocenters. The molecule has 1 fully saturated rings. The highest BCUT2D eigenvalue weighted by molar-refractivity contribution is 7.91. The Kier molecular flexibility index (Phi) is 5.24. The van der Waals surface area contributed by atoms with Gasteiger partial charge >= 0.3 is 0 Å². The van der Waals surface area contributed by atoms with Crippen LogP contribution in [0.3, 0.4) is 0 Å². The maximum atomic E-state index is 12.6. The van der Waals surface area contributed by atoms with E-state index in [1.54, 1.807) is 36.4 Å². The number of furan rings is 1. The minimum Gasteiger partial charge on any atom is -0.468 e. The summed E-state index contributed by atoms with van der Waals surface area (Å²) >= 11 is 5.89. The average molecular weight is 404 g/mol. The Hall–Kier alpha value is -1.35. The van der Waals surface area contributed by atoms with Crippen LogP contribution in [-0.4, -0.2) is 39.5 Å².